The van der Waals surface area contributed by atoms with Crippen molar-refractivity contribution in [2.45, 2.75) is 24.9 Å². The lowest BCUT2D eigenvalue weighted by atomic mass is 9.90. The van der Waals surface area contributed by atoms with Crippen LogP contribution in [-0.2, 0) is 22.2 Å². The van der Waals surface area contributed by atoms with E-state index in [1.54, 1.807) is 24.3 Å². The van der Waals surface area contributed by atoms with Crippen LogP contribution in [0, 0.1) is 0 Å². The Hall–Kier alpha value is -2.91. The molecule has 31 heavy (non-hydrogen) atoms. The molecule has 10 heteroatoms. The van der Waals surface area contributed by atoms with E-state index in [-0.39, 0.29) is 29.7 Å². The van der Waals surface area contributed by atoms with Gasteiger partial charge in [-0.3, -0.25) is 9.59 Å². The monoisotopic (exact) mass is 465 g/mol. The molecule has 2 aromatic carbocycles. The van der Waals surface area contributed by atoms with Crippen LogP contribution in [-0.4, -0.2) is 16.8 Å². The van der Waals surface area contributed by atoms with Gasteiger partial charge in [0.05, 0.1) is 11.5 Å². The minimum absolute atomic E-state index is 0.0148. The number of hydrogen-bond donors (Lipinski definition) is 2. The van der Waals surface area contributed by atoms with E-state index in [9.17, 15) is 22.8 Å². The largest absolute Gasteiger partial charge is 0.416 e. The van der Waals surface area contributed by atoms with Crippen LogP contribution in [0.5, 0.6) is 0 Å². The summed E-state index contributed by atoms with van der Waals surface area (Å²) in [6, 6.07) is 10.2. The summed E-state index contributed by atoms with van der Waals surface area (Å²) in [4.78, 5) is 29.5. The fourth-order valence-electron chi connectivity index (χ4n) is 3.36. The predicted molar refractivity (Wildman–Crippen MR) is 112 cm³/mol. The zero-order valence-electron chi connectivity index (χ0n) is 15.8. The number of hydrogen-bond acceptors (Lipinski definition) is 4. The third-order valence-electron chi connectivity index (χ3n) is 4.84. The molecule has 1 atom stereocenters. The number of halogens is 4. The van der Waals surface area contributed by atoms with Crippen molar-refractivity contribution in [2.24, 2.45) is 0 Å². The summed E-state index contributed by atoms with van der Waals surface area (Å²) in [5.41, 5.74) is 0.847. The molecule has 1 aromatic heterocycles. The number of nitrogens with zero attached hydrogens (tertiary/aromatic N) is 1. The standard InChI is InChI=1S/C21H15ClF3N3O2S/c22-16-6-5-12(21(23,24)25)7-11(16)8-13-10-26-20(31-13)28-19(30)15-9-18(29)27-17-4-2-1-3-14(15)17/h1-7,10,15H,8-9H2,(H,27,29)(H,26,28,30)/t15-/m0/s1. The van der Waals surface area contributed by atoms with Crippen LogP contribution < -0.4 is 10.6 Å². The molecule has 1 aliphatic heterocycles. The summed E-state index contributed by atoms with van der Waals surface area (Å²) in [7, 11) is 0. The minimum Gasteiger partial charge on any atom is -0.326 e. The van der Waals surface area contributed by atoms with Crippen LogP contribution in [0.4, 0.5) is 24.0 Å². The zero-order chi connectivity index (χ0) is 22.2. The highest BCUT2D eigenvalue weighted by Gasteiger charge is 2.32. The second-order valence-corrected chi connectivity index (χ2v) is 8.52. The van der Waals surface area contributed by atoms with Crippen molar-refractivity contribution in [3.05, 3.63) is 75.3 Å². The second kappa shape index (κ2) is 8.32. The first kappa shape index (κ1) is 21.3. The first-order valence-corrected chi connectivity index (χ1v) is 10.4. The first-order chi connectivity index (χ1) is 14.7. The lowest BCUT2D eigenvalue weighted by Gasteiger charge is -2.24. The molecule has 0 saturated carbocycles. The van der Waals surface area contributed by atoms with E-state index in [0.717, 1.165) is 23.5 Å². The van der Waals surface area contributed by atoms with E-state index in [0.29, 0.717) is 26.8 Å². The van der Waals surface area contributed by atoms with Gasteiger partial charge in [0.2, 0.25) is 11.8 Å². The van der Waals surface area contributed by atoms with Gasteiger partial charge in [0.1, 0.15) is 0 Å². The number of anilines is 2. The summed E-state index contributed by atoms with van der Waals surface area (Å²) in [6.45, 7) is 0. The highest BCUT2D eigenvalue weighted by Crippen LogP contribution is 2.35. The van der Waals surface area contributed by atoms with Gasteiger partial charge < -0.3 is 10.6 Å². The van der Waals surface area contributed by atoms with E-state index in [4.69, 9.17) is 11.6 Å². The number of thiazole rings is 1. The van der Waals surface area contributed by atoms with Crippen LogP contribution >= 0.6 is 22.9 Å². The Morgan fingerprint density at radius 3 is 2.81 bits per heavy atom. The maximum Gasteiger partial charge on any atom is 0.416 e. The van der Waals surface area contributed by atoms with Crippen molar-refractivity contribution in [3.63, 3.8) is 0 Å². The molecule has 0 fully saturated rings. The Labute approximate surface area is 184 Å². The predicted octanol–water partition coefficient (Wildman–Crippen LogP) is 5.47. The number of aromatic nitrogens is 1. The smallest absolute Gasteiger partial charge is 0.326 e. The molecular weight excluding hydrogens is 451 g/mol. The van der Waals surface area contributed by atoms with Crippen molar-refractivity contribution in [3.8, 4) is 0 Å². The Morgan fingerprint density at radius 1 is 1.26 bits per heavy atom. The Kier molecular flexibility index (Phi) is 5.72. The van der Waals surface area contributed by atoms with Crippen molar-refractivity contribution in [1.29, 1.82) is 0 Å². The first-order valence-electron chi connectivity index (χ1n) is 9.20. The number of alkyl halides is 3. The number of amides is 2. The van der Waals surface area contributed by atoms with Crippen molar-refractivity contribution in [2.75, 3.05) is 10.6 Å². The molecule has 4 rings (SSSR count). The van der Waals surface area contributed by atoms with Crippen LogP contribution in [0.2, 0.25) is 5.02 Å². The van der Waals surface area contributed by atoms with E-state index < -0.39 is 17.7 Å². The average molecular weight is 466 g/mol. The van der Waals surface area contributed by atoms with Crippen LogP contribution in [0.15, 0.2) is 48.7 Å². The Bertz CT molecular complexity index is 1160. The van der Waals surface area contributed by atoms with E-state index in [1.807, 2.05) is 0 Å². The molecule has 5 nitrogen and oxygen atoms in total. The molecule has 1 aliphatic rings. The van der Waals surface area contributed by atoms with E-state index >= 15 is 0 Å². The Morgan fingerprint density at radius 2 is 2.03 bits per heavy atom. The highest BCUT2D eigenvalue weighted by molar-refractivity contribution is 7.15. The third-order valence-corrected chi connectivity index (χ3v) is 6.12. The maximum atomic E-state index is 13.0. The molecular formula is C21H15ClF3N3O2S. The summed E-state index contributed by atoms with van der Waals surface area (Å²) >= 11 is 7.20. The van der Waals surface area contributed by atoms with Crippen LogP contribution in [0.25, 0.3) is 0 Å². The van der Waals surface area contributed by atoms with Crippen molar-refractivity contribution >= 4 is 45.6 Å². The van der Waals surface area contributed by atoms with Gasteiger partial charge in [0, 0.05) is 34.6 Å². The van der Waals surface area contributed by atoms with Gasteiger partial charge in [0.15, 0.2) is 5.13 Å². The summed E-state index contributed by atoms with van der Waals surface area (Å²) in [5.74, 6) is -1.28. The lowest BCUT2D eigenvalue weighted by Crippen LogP contribution is -2.30. The molecule has 0 spiro atoms. The molecule has 0 radical (unpaired) electrons. The summed E-state index contributed by atoms with van der Waals surface area (Å²) in [5, 5.41) is 5.96. The lowest BCUT2D eigenvalue weighted by molar-refractivity contribution is -0.137. The number of para-hydroxylation sites is 1. The number of nitrogens with one attached hydrogen (secondary N) is 2. The quantitative estimate of drug-likeness (QED) is 0.536. The fraction of sp³-hybridized carbons (Fsp3) is 0.190. The molecule has 3 aromatic rings. The van der Waals surface area contributed by atoms with Gasteiger partial charge in [-0.2, -0.15) is 13.2 Å². The molecule has 0 aliphatic carbocycles. The number of carbonyl (C=O) groups excluding carboxylic acids is 2. The van der Waals surface area contributed by atoms with E-state index in [2.05, 4.69) is 15.6 Å². The minimum atomic E-state index is -4.46. The topological polar surface area (TPSA) is 71.1 Å². The van der Waals surface area contributed by atoms with Crippen LogP contribution in [0.1, 0.15) is 33.9 Å². The molecule has 0 unspecified atom stereocenters. The second-order valence-electron chi connectivity index (χ2n) is 6.99. The third kappa shape index (κ3) is 4.72. The van der Waals surface area contributed by atoms with Gasteiger partial charge in [0.25, 0.3) is 0 Å². The SMILES string of the molecule is O=C1C[C@H](C(=O)Nc2ncc(Cc3cc(C(F)(F)F)ccc3Cl)s2)c2ccccc2N1. The number of benzene rings is 2. The van der Waals surface area contributed by atoms with Crippen molar-refractivity contribution < 1.29 is 22.8 Å². The molecule has 0 bridgehead atoms. The molecule has 2 heterocycles. The molecule has 160 valence electrons. The van der Waals surface area contributed by atoms with Crippen molar-refractivity contribution in [1.82, 2.24) is 4.98 Å². The number of rotatable bonds is 4. The molecule has 2 amide bonds. The fourth-order valence-corrected chi connectivity index (χ4v) is 4.38. The van der Waals surface area contributed by atoms with Gasteiger partial charge >= 0.3 is 6.18 Å². The molecule has 0 saturated heterocycles. The number of carbonyl (C=O) groups is 2. The Balaban J connectivity index is 1.49. The zero-order valence-corrected chi connectivity index (χ0v) is 17.4. The summed E-state index contributed by atoms with van der Waals surface area (Å²) in [6.07, 6.45) is -2.82. The maximum absolute atomic E-state index is 13.0. The number of fused-ring (bicyclic) bond motifs is 1. The molecule has 2 N–H and O–H groups in total. The van der Waals surface area contributed by atoms with Gasteiger partial charge in [-0.05, 0) is 35.4 Å². The van der Waals surface area contributed by atoms with Crippen LogP contribution in [0.3, 0.4) is 0 Å². The van der Waals surface area contributed by atoms with Gasteiger partial charge in [-0.25, -0.2) is 4.98 Å². The average Bonchev–Trinajstić information content (AvgIpc) is 3.14. The van der Waals surface area contributed by atoms with Gasteiger partial charge in [-0.15, -0.1) is 11.3 Å². The normalized spacial score (nSPS) is 15.9. The van der Waals surface area contributed by atoms with E-state index in [1.165, 1.54) is 12.3 Å². The summed E-state index contributed by atoms with van der Waals surface area (Å²) < 4.78 is 38.9. The van der Waals surface area contributed by atoms with Gasteiger partial charge in [-0.1, -0.05) is 29.8 Å². The highest BCUT2D eigenvalue weighted by atomic mass is 35.5.